The number of nitrogens with one attached hydrogen (secondary N) is 3. The van der Waals surface area contributed by atoms with Gasteiger partial charge in [0.25, 0.3) is 0 Å². The van der Waals surface area contributed by atoms with Crippen molar-refractivity contribution in [1.82, 2.24) is 20.6 Å². The van der Waals surface area contributed by atoms with Crippen molar-refractivity contribution in [3.63, 3.8) is 0 Å². The number of para-hydroxylation sites is 2. The number of hydrogen-bond acceptors (Lipinski definition) is 3. The van der Waals surface area contributed by atoms with E-state index in [2.05, 4.69) is 38.6 Å². The molecule has 134 valence electrons. The molecule has 2 aromatic heterocycles. The quantitative estimate of drug-likeness (QED) is 0.222. The van der Waals surface area contributed by atoms with Crippen LogP contribution in [0.15, 0.2) is 52.1 Å². The number of rotatable bonds is 7. The highest BCUT2D eigenvalue weighted by atomic mass is 127. The molecule has 0 bridgehead atoms. The zero-order chi connectivity index (χ0) is 16.6. The van der Waals surface area contributed by atoms with Gasteiger partial charge in [0.15, 0.2) is 5.96 Å². The van der Waals surface area contributed by atoms with Gasteiger partial charge in [-0.2, -0.15) is 0 Å². The van der Waals surface area contributed by atoms with Gasteiger partial charge in [0.05, 0.1) is 17.3 Å². The van der Waals surface area contributed by atoms with Crippen molar-refractivity contribution in [1.29, 1.82) is 0 Å². The number of aromatic amines is 1. The van der Waals surface area contributed by atoms with E-state index in [0.29, 0.717) is 6.54 Å². The predicted octanol–water partition coefficient (Wildman–Crippen LogP) is 3.46. The molecule has 0 saturated carbocycles. The third-order valence-corrected chi connectivity index (χ3v) is 3.64. The first-order valence-corrected chi connectivity index (χ1v) is 8.33. The van der Waals surface area contributed by atoms with E-state index < -0.39 is 0 Å². The van der Waals surface area contributed by atoms with E-state index >= 15 is 0 Å². The Hall–Kier alpha value is -2.03. The fourth-order valence-corrected chi connectivity index (χ4v) is 2.49. The van der Waals surface area contributed by atoms with Crippen LogP contribution in [0, 0.1) is 0 Å². The largest absolute Gasteiger partial charge is 0.467 e. The minimum Gasteiger partial charge on any atom is -0.467 e. The number of aryl methyl sites for hydroxylation is 1. The summed E-state index contributed by atoms with van der Waals surface area (Å²) in [5, 5.41) is 6.58. The third kappa shape index (κ3) is 5.77. The Morgan fingerprint density at radius 1 is 1.20 bits per heavy atom. The molecule has 3 N–H and O–H groups in total. The summed E-state index contributed by atoms with van der Waals surface area (Å²) in [5.41, 5.74) is 2.11. The van der Waals surface area contributed by atoms with Crippen LogP contribution in [0.1, 0.15) is 24.9 Å². The molecule has 0 amide bonds. The molecule has 6 nitrogen and oxygen atoms in total. The summed E-state index contributed by atoms with van der Waals surface area (Å²) >= 11 is 0. The topological polar surface area (TPSA) is 78.2 Å². The average molecular weight is 453 g/mol. The molecule has 0 fully saturated rings. The summed E-state index contributed by atoms with van der Waals surface area (Å²) in [6, 6.07) is 11.9. The van der Waals surface area contributed by atoms with Crippen LogP contribution in [0.3, 0.4) is 0 Å². The summed E-state index contributed by atoms with van der Waals surface area (Å²) in [4.78, 5) is 12.5. The van der Waals surface area contributed by atoms with E-state index in [1.54, 1.807) is 6.26 Å². The Balaban J connectivity index is 0.00000225. The van der Waals surface area contributed by atoms with Crippen molar-refractivity contribution >= 4 is 41.0 Å². The maximum absolute atomic E-state index is 5.30. The van der Waals surface area contributed by atoms with Crippen LogP contribution in [0.5, 0.6) is 0 Å². The number of nitrogens with zero attached hydrogens (tertiary/aromatic N) is 2. The molecule has 0 aliphatic carbocycles. The number of benzene rings is 1. The smallest absolute Gasteiger partial charge is 0.191 e. The molecule has 0 spiro atoms. The Morgan fingerprint density at radius 2 is 2.08 bits per heavy atom. The van der Waals surface area contributed by atoms with Crippen LogP contribution in [0.2, 0.25) is 0 Å². The van der Waals surface area contributed by atoms with Crippen molar-refractivity contribution in [2.24, 2.45) is 4.99 Å². The van der Waals surface area contributed by atoms with Gasteiger partial charge in [-0.05, 0) is 37.6 Å². The fraction of sp³-hybridized carbons (Fsp3) is 0.333. The SMILES string of the molecule is CCNC(=NCc1ccco1)NCCCc1nc2ccccc2[nH]1.I. The van der Waals surface area contributed by atoms with E-state index in [4.69, 9.17) is 4.42 Å². The van der Waals surface area contributed by atoms with E-state index in [1.165, 1.54) is 0 Å². The van der Waals surface area contributed by atoms with E-state index in [0.717, 1.165) is 54.5 Å². The van der Waals surface area contributed by atoms with Gasteiger partial charge in [-0.3, -0.25) is 0 Å². The lowest BCUT2D eigenvalue weighted by Gasteiger charge is -2.10. The van der Waals surface area contributed by atoms with Crippen LogP contribution in [0.25, 0.3) is 11.0 Å². The summed E-state index contributed by atoms with van der Waals surface area (Å²) in [6.45, 7) is 4.25. The van der Waals surface area contributed by atoms with Gasteiger partial charge in [-0.15, -0.1) is 24.0 Å². The molecule has 3 aromatic rings. The molecule has 25 heavy (non-hydrogen) atoms. The van der Waals surface area contributed by atoms with Crippen molar-refractivity contribution in [3.8, 4) is 0 Å². The first-order valence-electron chi connectivity index (χ1n) is 8.33. The van der Waals surface area contributed by atoms with Crippen molar-refractivity contribution in [3.05, 3.63) is 54.2 Å². The molecule has 0 aliphatic heterocycles. The van der Waals surface area contributed by atoms with Gasteiger partial charge in [0.1, 0.15) is 18.1 Å². The number of guanidine groups is 1. The molecule has 7 heteroatoms. The van der Waals surface area contributed by atoms with Gasteiger partial charge in [-0.1, -0.05) is 12.1 Å². The van der Waals surface area contributed by atoms with Crippen molar-refractivity contribution in [2.75, 3.05) is 13.1 Å². The van der Waals surface area contributed by atoms with E-state index in [9.17, 15) is 0 Å². The Kier molecular flexibility index (Phi) is 7.77. The van der Waals surface area contributed by atoms with Crippen molar-refractivity contribution in [2.45, 2.75) is 26.3 Å². The van der Waals surface area contributed by atoms with Crippen LogP contribution >= 0.6 is 24.0 Å². The Bertz CT molecular complexity index is 749. The lowest BCUT2D eigenvalue weighted by molar-refractivity contribution is 0.512. The van der Waals surface area contributed by atoms with Gasteiger partial charge < -0.3 is 20.0 Å². The number of H-pyrrole nitrogens is 1. The van der Waals surface area contributed by atoms with E-state index in [1.807, 2.05) is 30.3 Å². The Morgan fingerprint density at radius 3 is 2.84 bits per heavy atom. The highest BCUT2D eigenvalue weighted by Crippen LogP contribution is 2.11. The summed E-state index contributed by atoms with van der Waals surface area (Å²) in [7, 11) is 0. The zero-order valence-corrected chi connectivity index (χ0v) is 16.6. The highest BCUT2D eigenvalue weighted by Gasteiger charge is 2.03. The molecular weight excluding hydrogens is 429 g/mol. The van der Waals surface area contributed by atoms with Crippen molar-refractivity contribution < 1.29 is 4.42 Å². The van der Waals surface area contributed by atoms with Gasteiger partial charge in [0.2, 0.25) is 0 Å². The predicted molar refractivity (Wildman–Crippen MR) is 111 cm³/mol. The summed E-state index contributed by atoms with van der Waals surface area (Å²) < 4.78 is 5.30. The monoisotopic (exact) mass is 453 g/mol. The zero-order valence-electron chi connectivity index (χ0n) is 14.3. The van der Waals surface area contributed by atoms with Gasteiger partial charge >= 0.3 is 0 Å². The standard InChI is InChI=1S/C18H23N5O.HI/c1-2-19-18(21-13-14-7-6-12-24-14)20-11-5-10-17-22-15-8-3-4-9-16(15)23-17;/h3-4,6-9,12H,2,5,10-11,13H2,1H3,(H,22,23)(H2,19,20,21);1H. The number of aliphatic imine (C=N–C) groups is 1. The fourth-order valence-electron chi connectivity index (χ4n) is 2.49. The average Bonchev–Trinajstić information content (AvgIpc) is 3.25. The number of imidazole rings is 1. The second-order valence-electron chi connectivity index (χ2n) is 5.51. The normalized spacial score (nSPS) is 11.3. The van der Waals surface area contributed by atoms with Crippen LogP contribution in [0.4, 0.5) is 0 Å². The molecule has 0 radical (unpaired) electrons. The molecule has 0 unspecified atom stereocenters. The van der Waals surface area contributed by atoms with Crippen LogP contribution in [-0.4, -0.2) is 29.0 Å². The van der Waals surface area contributed by atoms with Gasteiger partial charge in [-0.25, -0.2) is 9.98 Å². The second-order valence-corrected chi connectivity index (χ2v) is 5.51. The lowest BCUT2D eigenvalue weighted by atomic mass is 10.3. The summed E-state index contributed by atoms with van der Waals surface area (Å²) in [6.07, 6.45) is 3.54. The maximum Gasteiger partial charge on any atom is 0.191 e. The number of halogens is 1. The molecule has 1 aromatic carbocycles. The number of furan rings is 1. The van der Waals surface area contributed by atoms with E-state index in [-0.39, 0.29) is 24.0 Å². The number of hydrogen-bond donors (Lipinski definition) is 3. The Labute approximate surface area is 164 Å². The lowest BCUT2D eigenvalue weighted by Crippen LogP contribution is -2.37. The van der Waals surface area contributed by atoms with Gasteiger partial charge in [0, 0.05) is 19.5 Å². The minimum atomic E-state index is 0. The van der Waals surface area contributed by atoms with Crippen LogP contribution in [-0.2, 0) is 13.0 Å². The third-order valence-electron chi connectivity index (χ3n) is 3.64. The second kappa shape index (κ2) is 10.1. The molecule has 0 saturated heterocycles. The summed E-state index contributed by atoms with van der Waals surface area (Å²) in [5.74, 6) is 2.68. The molecule has 0 aliphatic rings. The number of aromatic nitrogens is 2. The first-order chi connectivity index (χ1) is 11.8. The number of fused-ring (bicyclic) bond motifs is 1. The van der Waals surface area contributed by atoms with Crippen LogP contribution < -0.4 is 10.6 Å². The minimum absolute atomic E-state index is 0. The molecule has 2 heterocycles. The first kappa shape index (κ1) is 19.3. The molecular formula is C18H24IN5O. The molecule has 0 atom stereocenters. The maximum atomic E-state index is 5.30. The highest BCUT2D eigenvalue weighted by molar-refractivity contribution is 14.0. The molecule has 3 rings (SSSR count).